The largest absolute Gasteiger partial charge is 0.287 e. The molecule has 0 saturated carbocycles. The molecular formula is C17H12N4O4S. The number of sulfone groups is 1. The molecule has 8 nitrogen and oxygen atoms in total. The van der Waals surface area contributed by atoms with Gasteiger partial charge in [-0.2, -0.15) is 0 Å². The Kier molecular flexibility index (Phi) is 3.55. The molecule has 3 aromatic rings. The van der Waals surface area contributed by atoms with Crippen molar-refractivity contribution in [2.24, 2.45) is 0 Å². The van der Waals surface area contributed by atoms with Gasteiger partial charge in [0.25, 0.3) is 0 Å². The normalized spacial score (nSPS) is 13.4. The van der Waals surface area contributed by atoms with E-state index in [0.717, 1.165) is 11.8 Å². The molecule has 0 saturated heterocycles. The van der Waals surface area contributed by atoms with Crippen LogP contribution in [0, 0.1) is 0 Å². The summed E-state index contributed by atoms with van der Waals surface area (Å²) < 4.78 is 24.4. The highest BCUT2D eigenvalue weighted by atomic mass is 32.2. The van der Waals surface area contributed by atoms with Crippen LogP contribution in [0.3, 0.4) is 0 Å². The molecule has 0 unspecified atom stereocenters. The lowest BCUT2D eigenvalue weighted by atomic mass is 9.91. The molecule has 1 aromatic carbocycles. The Labute approximate surface area is 148 Å². The number of benzene rings is 1. The maximum Gasteiger partial charge on any atom is 0.216 e. The summed E-state index contributed by atoms with van der Waals surface area (Å²) in [5.74, 6) is -0.726. The van der Waals surface area contributed by atoms with Crippen molar-refractivity contribution in [3.05, 3.63) is 70.8 Å². The quantitative estimate of drug-likeness (QED) is 0.528. The summed E-state index contributed by atoms with van der Waals surface area (Å²) in [6.07, 6.45) is 3.94. The molecule has 4 rings (SSSR count). The lowest BCUT2D eigenvalue weighted by Crippen LogP contribution is -2.24. The minimum absolute atomic E-state index is 0.0152. The van der Waals surface area contributed by atoms with Gasteiger partial charge in [-0.25, -0.2) is 13.1 Å². The summed E-state index contributed by atoms with van der Waals surface area (Å²) >= 11 is 0. The fourth-order valence-electron chi connectivity index (χ4n) is 2.84. The topological polar surface area (TPSA) is 112 Å². The van der Waals surface area contributed by atoms with E-state index in [9.17, 15) is 18.0 Å². The lowest BCUT2D eigenvalue weighted by molar-refractivity contribution is 0.0970. The third kappa shape index (κ3) is 2.53. The van der Waals surface area contributed by atoms with Crippen molar-refractivity contribution in [2.75, 3.05) is 6.26 Å². The second-order valence-corrected chi connectivity index (χ2v) is 7.96. The highest BCUT2D eigenvalue weighted by Gasteiger charge is 2.35. The molecule has 1 aliphatic rings. The second-order valence-electron chi connectivity index (χ2n) is 5.94. The number of hydrogen-bond donors (Lipinski definition) is 0. The number of ketones is 2. The number of rotatable bonds is 3. The Balaban J connectivity index is 1.72. The molecule has 2 aromatic heterocycles. The van der Waals surface area contributed by atoms with Crippen LogP contribution in [0.4, 0.5) is 0 Å². The molecule has 1 aliphatic carbocycles. The van der Waals surface area contributed by atoms with Gasteiger partial charge in [-0.3, -0.25) is 14.6 Å². The van der Waals surface area contributed by atoms with E-state index in [1.54, 1.807) is 12.1 Å². The standard InChI is InChI=1S/C17H12N4O4S/c1-26(24,25)11-4-2-10(3-5-11)9-21-15-14(19-20-21)16(22)12-6-7-18-8-13(12)17(15)23/h2-8H,9H2,1H3. The minimum atomic E-state index is -3.29. The zero-order chi connectivity index (χ0) is 18.5. The number of carbonyl (C=O) groups excluding carboxylic acids is 2. The maximum absolute atomic E-state index is 12.7. The number of pyridine rings is 1. The average molecular weight is 368 g/mol. The number of nitrogens with zero attached hydrogens (tertiary/aromatic N) is 4. The van der Waals surface area contributed by atoms with Crippen LogP contribution in [0.5, 0.6) is 0 Å². The molecule has 9 heteroatoms. The first-order chi connectivity index (χ1) is 12.4. The number of fused-ring (bicyclic) bond motifs is 2. The van der Waals surface area contributed by atoms with Gasteiger partial charge in [0.15, 0.2) is 15.5 Å². The first-order valence-corrected chi connectivity index (χ1v) is 9.51. The van der Waals surface area contributed by atoms with Gasteiger partial charge in [-0.05, 0) is 23.8 Å². The Morgan fingerprint density at radius 1 is 1.00 bits per heavy atom. The van der Waals surface area contributed by atoms with E-state index in [1.165, 1.54) is 35.3 Å². The molecule has 26 heavy (non-hydrogen) atoms. The van der Waals surface area contributed by atoms with Gasteiger partial charge in [-0.1, -0.05) is 17.3 Å². The maximum atomic E-state index is 12.7. The Hall–Kier alpha value is -3.20. The van der Waals surface area contributed by atoms with Gasteiger partial charge in [-0.15, -0.1) is 5.10 Å². The van der Waals surface area contributed by atoms with Gasteiger partial charge in [0.1, 0.15) is 5.69 Å². The highest BCUT2D eigenvalue weighted by molar-refractivity contribution is 7.90. The zero-order valence-electron chi connectivity index (χ0n) is 13.6. The van der Waals surface area contributed by atoms with Crippen molar-refractivity contribution >= 4 is 21.4 Å². The summed E-state index contributed by atoms with van der Waals surface area (Å²) in [5.41, 5.74) is 1.34. The van der Waals surface area contributed by atoms with Crippen molar-refractivity contribution in [1.82, 2.24) is 20.0 Å². The fourth-order valence-corrected chi connectivity index (χ4v) is 3.48. The van der Waals surface area contributed by atoms with Crippen molar-refractivity contribution in [3.63, 3.8) is 0 Å². The summed E-state index contributed by atoms with van der Waals surface area (Å²) in [5, 5.41) is 7.80. The summed E-state index contributed by atoms with van der Waals surface area (Å²) in [6.45, 7) is 0.182. The van der Waals surface area contributed by atoms with E-state index >= 15 is 0 Å². The summed E-state index contributed by atoms with van der Waals surface area (Å²) in [4.78, 5) is 29.4. The van der Waals surface area contributed by atoms with E-state index in [4.69, 9.17) is 0 Å². The first-order valence-electron chi connectivity index (χ1n) is 7.62. The van der Waals surface area contributed by atoms with Gasteiger partial charge >= 0.3 is 0 Å². The average Bonchev–Trinajstić information content (AvgIpc) is 3.03. The minimum Gasteiger partial charge on any atom is -0.287 e. The van der Waals surface area contributed by atoms with Crippen LogP contribution in [0.15, 0.2) is 47.6 Å². The SMILES string of the molecule is CS(=O)(=O)c1ccc(Cn2nnc3c2C(=O)c2cnccc2C3=O)cc1. The van der Waals surface area contributed by atoms with E-state index in [2.05, 4.69) is 15.3 Å². The Bertz CT molecular complexity index is 1160. The second kappa shape index (κ2) is 5.67. The zero-order valence-corrected chi connectivity index (χ0v) is 14.4. The highest BCUT2D eigenvalue weighted by Crippen LogP contribution is 2.25. The molecule has 0 N–H and O–H groups in total. The summed E-state index contributed by atoms with van der Waals surface area (Å²) in [7, 11) is -3.29. The van der Waals surface area contributed by atoms with Crippen molar-refractivity contribution in [1.29, 1.82) is 0 Å². The van der Waals surface area contributed by atoms with Gasteiger partial charge in [0, 0.05) is 24.2 Å². The van der Waals surface area contributed by atoms with Crippen LogP contribution in [-0.4, -0.2) is 46.2 Å². The van der Waals surface area contributed by atoms with Gasteiger partial charge in [0.2, 0.25) is 11.6 Å². The molecule has 0 amide bonds. The van der Waals surface area contributed by atoms with Crippen LogP contribution in [0.25, 0.3) is 0 Å². The predicted octanol–water partition coefficient (Wildman–Crippen LogP) is 0.900. The molecule has 2 heterocycles. The van der Waals surface area contributed by atoms with Gasteiger partial charge in [0.05, 0.1) is 17.0 Å². The lowest BCUT2D eigenvalue weighted by Gasteiger charge is -2.14. The molecule has 0 bridgehead atoms. The first kappa shape index (κ1) is 16.3. The number of carbonyl (C=O) groups is 2. The van der Waals surface area contributed by atoms with Crippen LogP contribution >= 0.6 is 0 Å². The van der Waals surface area contributed by atoms with Crippen molar-refractivity contribution in [3.8, 4) is 0 Å². The number of hydrogen-bond acceptors (Lipinski definition) is 7. The molecule has 0 radical (unpaired) electrons. The third-order valence-corrected chi connectivity index (χ3v) is 5.29. The van der Waals surface area contributed by atoms with E-state index in [1.807, 2.05) is 0 Å². The smallest absolute Gasteiger partial charge is 0.216 e. The molecule has 130 valence electrons. The van der Waals surface area contributed by atoms with Gasteiger partial charge < -0.3 is 0 Å². The van der Waals surface area contributed by atoms with Crippen LogP contribution in [-0.2, 0) is 16.4 Å². The molecule has 0 spiro atoms. The van der Waals surface area contributed by atoms with Crippen LogP contribution < -0.4 is 0 Å². The fraction of sp³-hybridized carbons (Fsp3) is 0.118. The van der Waals surface area contributed by atoms with Crippen molar-refractivity contribution < 1.29 is 18.0 Å². The predicted molar refractivity (Wildman–Crippen MR) is 89.8 cm³/mol. The third-order valence-electron chi connectivity index (χ3n) is 4.16. The molecule has 0 atom stereocenters. The monoisotopic (exact) mass is 368 g/mol. The molecule has 0 aliphatic heterocycles. The van der Waals surface area contributed by atoms with E-state index < -0.39 is 9.84 Å². The summed E-state index contributed by atoms with van der Waals surface area (Å²) in [6, 6.07) is 7.73. The molecular weight excluding hydrogens is 356 g/mol. The van der Waals surface area contributed by atoms with Crippen molar-refractivity contribution in [2.45, 2.75) is 11.4 Å². The molecule has 0 fully saturated rings. The van der Waals surface area contributed by atoms with Crippen LogP contribution in [0.1, 0.15) is 37.7 Å². The van der Waals surface area contributed by atoms with E-state index in [0.29, 0.717) is 0 Å². The van der Waals surface area contributed by atoms with E-state index in [-0.39, 0.29) is 45.5 Å². The van der Waals surface area contributed by atoms with Crippen LogP contribution in [0.2, 0.25) is 0 Å². The Morgan fingerprint density at radius 2 is 1.73 bits per heavy atom. The number of aromatic nitrogens is 4. The Morgan fingerprint density at radius 3 is 2.42 bits per heavy atom.